The first-order valence-corrected chi connectivity index (χ1v) is 15.6. The minimum absolute atomic E-state index is 0.0358. The van der Waals surface area contributed by atoms with Crippen molar-refractivity contribution in [2.45, 2.75) is 71.0 Å². The first kappa shape index (κ1) is 33.5. The molecule has 0 aliphatic heterocycles. The highest BCUT2D eigenvalue weighted by molar-refractivity contribution is 7.92. The summed E-state index contributed by atoms with van der Waals surface area (Å²) in [4.78, 5) is 29.3. The van der Waals surface area contributed by atoms with Crippen LogP contribution in [-0.4, -0.2) is 57.5 Å². The maximum atomic E-state index is 14.3. The average molecular weight is 610 g/mol. The molecule has 0 saturated carbocycles. The van der Waals surface area contributed by atoms with Crippen molar-refractivity contribution in [1.82, 2.24) is 10.2 Å². The predicted molar refractivity (Wildman–Crippen MR) is 169 cm³/mol. The number of amides is 2. The van der Waals surface area contributed by atoms with E-state index in [2.05, 4.69) is 5.32 Å². The molecule has 9 nitrogen and oxygen atoms in total. The predicted octanol–water partition coefficient (Wildman–Crippen LogP) is 5.24. The number of nitrogens with zero attached hydrogens (tertiary/aromatic N) is 2. The van der Waals surface area contributed by atoms with Crippen molar-refractivity contribution in [3.63, 3.8) is 0 Å². The summed E-state index contributed by atoms with van der Waals surface area (Å²) in [5.41, 5.74) is 2.15. The second-order valence-corrected chi connectivity index (χ2v) is 13.4. The van der Waals surface area contributed by atoms with E-state index in [1.54, 1.807) is 49.6 Å². The van der Waals surface area contributed by atoms with Gasteiger partial charge in [-0.1, -0.05) is 42.8 Å². The molecule has 0 saturated heterocycles. The van der Waals surface area contributed by atoms with Gasteiger partial charge in [0.1, 0.15) is 24.1 Å². The SMILES string of the molecule is CC[C@H](C(=O)NC(C)(C)C)N(Cc1ccc(OC)cc1)C(=O)CN(c1cc(C)ccc1OC)S(=O)(=O)c1ccc(C)cc1. The molecule has 0 spiro atoms. The number of rotatable bonds is 12. The summed E-state index contributed by atoms with van der Waals surface area (Å²) in [5, 5.41) is 2.98. The van der Waals surface area contributed by atoms with Gasteiger partial charge in [-0.3, -0.25) is 13.9 Å². The van der Waals surface area contributed by atoms with Crippen LogP contribution in [0.3, 0.4) is 0 Å². The highest BCUT2D eigenvalue weighted by Gasteiger charge is 2.35. The van der Waals surface area contributed by atoms with Gasteiger partial charge in [-0.05, 0) is 88.6 Å². The van der Waals surface area contributed by atoms with Crippen LogP contribution < -0.4 is 19.1 Å². The fourth-order valence-electron chi connectivity index (χ4n) is 4.65. The molecule has 1 atom stereocenters. The first-order valence-electron chi connectivity index (χ1n) is 14.2. The van der Waals surface area contributed by atoms with Crippen LogP contribution >= 0.6 is 0 Å². The molecule has 43 heavy (non-hydrogen) atoms. The number of ether oxygens (including phenoxy) is 2. The van der Waals surface area contributed by atoms with Gasteiger partial charge in [0.2, 0.25) is 11.8 Å². The Bertz CT molecular complexity index is 1510. The Labute approximate surface area is 255 Å². The summed E-state index contributed by atoms with van der Waals surface area (Å²) in [6.07, 6.45) is 0.322. The third kappa shape index (κ3) is 8.50. The molecule has 2 amide bonds. The van der Waals surface area contributed by atoms with Crippen LogP contribution in [0.15, 0.2) is 71.6 Å². The van der Waals surface area contributed by atoms with Crippen molar-refractivity contribution in [3.8, 4) is 11.5 Å². The van der Waals surface area contributed by atoms with E-state index in [9.17, 15) is 18.0 Å². The second kappa shape index (κ2) is 13.9. The Morgan fingerprint density at radius 2 is 1.49 bits per heavy atom. The lowest BCUT2D eigenvalue weighted by atomic mass is 10.1. The van der Waals surface area contributed by atoms with E-state index in [-0.39, 0.29) is 23.0 Å². The summed E-state index contributed by atoms with van der Waals surface area (Å²) in [7, 11) is -1.21. The van der Waals surface area contributed by atoms with E-state index < -0.39 is 34.1 Å². The lowest BCUT2D eigenvalue weighted by molar-refractivity contribution is -0.141. The van der Waals surface area contributed by atoms with Crippen molar-refractivity contribution >= 4 is 27.5 Å². The smallest absolute Gasteiger partial charge is 0.264 e. The van der Waals surface area contributed by atoms with Gasteiger partial charge in [-0.2, -0.15) is 0 Å². The zero-order valence-corrected chi connectivity index (χ0v) is 27.1. The quantitative estimate of drug-likeness (QED) is 0.301. The van der Waals surface area contributed by atoms with E-state index in [0.29, 0.717) is 17.9 Å². The van der Waals surface area contributed by atoms with E-state index in [0.717, 1.165) is 21.0 Å². The summed E-state index contributed by atoms with van der Waals surface area (Å²) in [5.74, 6) is 0.0956. The minimum atomic E-state index is -4.22. The van der Waals surface area contributed by atoms with E-state index >= 15 is 0 Å². The number of hydrogen-bond donors (Lipinski definition) is 1. The number of anilines is 1. The highest BCUT2D eigenvalue weighted by atomic mass is 32.2. The fraction of sp³-hybridized carbons (Fsp3) is 0.394. The van der Waals surface area contributed by atoms with Crippen LogP contribution in [0.1, 0.15) is 50.8 Å². The lowest BCUT2D eigenvalue weighted by Crippen LogP contribution is -2.55. The molecule has 0 aliphatic carbocycles. The molecule has 0 aliphatic rings. The molecule has 3 aromatic carbocycles. The number of carbonyl (C=O) groups excluding carboxylic acids is 2. The summed E-state index contributed by atoms with van der Waals surface area (Å²) >= 11 is 0. The van der Waals surface area contributed by atoms with Gasteiger partial charge in [0, 0.05) is 12.1 Å². The van der Waals surface area contributed by atoms with Crippen molar-refractivity contribution < 1.29 is 27.5 Å². The van der Waals surface area contributed by atoms with E-state index in [4.69, 9.17) is 9.47 Å². The van der Waals surface area contributed by atoms with E-state index in [1.807, 2.05) is 53.7 Å². The normalized spacial score (nSPS) is 12.3. The molecule has 0 unspecified atom stereocenters. The number of aryl methyl sites for hydroxylation is 2. The molecular formula is C33H43N3O6S. The van der Waals surface area contributed by atoms with Gasteiger partial charge >= 0.3 is 0 Å². The third-order valence-corrected chi connectivity index (χ3v) is 8.66. The van der Waals surface area contributed by atoms with Crippen molar-refractivity contribution in [1.29, 1.82) is 0 Å². The molecule has 0 fully saturated rings. The zero-order chi connectivity index (χ0) is 31.9. The molecular weight excluding hydrogens is 566 g/mol. The molecule has 0 radical (unpaired) electrons. The van der Waals surface area contributed by atoms with Gasteiger partial charge in [-0.25, -0.2) is 8.42 Å². The van der Waals surface area contributed by atoms with E-state index in [1.165, 1.54) is 24.1 Å². The number of carbonyl (C=O) groups is 2. The van der Waals surface area contributed by atoms with Crippen LogP contribution in [0.5, 0.6) is 11.5 Å². The Morgan fingerprint density at radius 3 is 2.02 bits per heavy atom. The van der Waals surface area contributed by atoms with Gasteiger partial charge in [-0.15, -0.1) is 0 Å². The number of hydrogen-bond acceptors (Lipinski definition) is 6. The zero-order valence-electron chi connectivity index (χ0n) is 26.3. The molecule has 0 aromatic heterocycles. The summed E-state index contributed by atoms with van der Waals surface area (Å²) in [6.45, 7) is 10.7. The maximum absolute atomic E-state index is 14.3. The number of benzene rings is 3. The number of sulfonamides is 1. The Balaban J connectivity index is 2.13. The van der Waals surface area contributed by atoms with Crippen LogP contribution in [-0.2, 0) is 26.2 Å². The van der Waals surface area contributed by atoms with Crippen LogP contribution in [0.2, 0.25) is 0 Å². The fourth-order valence-corrected chi connectivity index (χ4v) is 6.06. The number of nitrogens with one attached hydrogen (secondary N) is 1. The number of methoxy groups -OCH3 is 2. The van der Waals surface area contributed by atoms with Crippen molar-refractivity contribution in [2.24, 2.45) is 0 Å². The molecule has 3 aromatic rings. The molecule has 3 rings (SSSR count). The Hall–Kier alpha value is -4.05. The van der Waals surface area contributed by atoms with Crippen molar-refractivity contribution in [2.75, 3.05) is 25.1 Å². The maximum Gasteiger partial charge on any atom is 0.264 e. The van der Waals surface area contributed by atoms with Crippen LogP contribution in [0.4, 0.5) is 5.69 Å². The Kier molecular flexibility index (Phi) is 10.9. The topological polar surface area (TPSA) is 105 Å². The molecule has 0 heterocycles. The molecule has 10 heteroatoms. The minimum Gasteiger partial charge on any atom is -0.497 e. The Morgan fingerprint density at radius 1 is 0.884 bits per heavy atom. The van der Waals surface area contributed by atoms with Gasteiger partial charge in [0.25, 0.3) is 10.0 Å². The van der Waals surface area contributed by atoms with Gasteiger partial charge in [0.05, 0.1) is 24.8 Å². The lowest BCUT2D eigenvalue weighted by Gasteiger charge is -2.35. The summed E-state index contributed by atoms with van der Waals surface area (Å²) in [6, 6.07) is 18.0. The monoisotopic (exact) mass is 609 g/mol. The van der Waals surface area contributed by atoms with Gasteiger partial charge < -0.3 is 19.7 Å². The first-order chi connectivity index (χ1) is 20.2. The second-order valence-electron chi connectivity index (χ2n) is 11.5. The molecule has 0 bridgehead atoms. The van der Waals surface area contributed by atoms with Crippen LogP contribution in [0, 0.1) is 13.8 Å². The average Bonchev–Trinajstić information content (AvgIpc) is 2.95. The molecule has 232 valence electrons. The summed E-state index contributed by atoms with van der Waals surface area (Å²) < 4.78 is 40.2. The van der Waals surface area contributed by atoms with Crippen molar-refractivity contribution in [3.05, 3.63) is 83.4 Å². The highest BCUT2D eigenvalue weighted by Crippen LogP contribution is 2.34. The van der Waals surface area contributed by atoms with Crippen LogP contribution in [0.25, 0.3) is 0 Å². The molecule has 1 N–H and O–H groups in total. The standard InChI is InChI=1S/C33H43N3O6S/c1-9-28(32(38)34-33(4,5)6)35(21-25-13-15-26(41-7)16-14-25)31(37)22-36(29-20-24(3)12-19-30(29)42-8)43(39,40)27-17-10-23(2)11-18-27/h10-20,28H,9,21-22H2,1-8H3,(H,34,38)/t28-/m1/s1. The third-order valence-electron chi connectivity index (χ3n) is 6.89. The largest absolute Gasteiger partial charge is 0.497 e. The van der Waals surface area contributed by atoms with Gasteiger partial charge in [0.15, 0.2) is 0 Å².